The average molecular weight is 276 g/mol. The van der Waals surface area contributed by atoms with Gasteiger partial charge in [0.2, 0.25) is 0 Å². The van der Waals surface area contributed by atoms with Gasteiger partial charge in [-0.25, -0.2) is 0 Å². The molecule has 2 unspecified atom stereocenters. The van der Waals surface area contributed by atoms with Crippen LogP contribution >= 0.6 is 0 Å². The maximum atomic E-state index is 12.7. The van der Waals surface area contributed by atoms with Crippen LogP contribution in [0.3, 0.4) is 0 Å². The number of hydrogen-bond donors (Lipinski definition) is 2. The molecule has 0 spiro atoms. The first-order valence-corrected chi connectivity index (χ1v) is 6.02. The molecule has 6 heteroatoms. The Morgan fingerprint density at radius 1 is 1.37 bits per heavy atom. The second kappa shape index (κ2) is 6.88. The van der Waals surface area contributed by atoms with E-state index in [1.54, 1.807) is 13.2 Å². The first-order chi connectivity index (χ1) is 8.90. The Labute approximate surface area is 110 Å². The van der Waals surface area contributed by atoms with Crippen LogP contribution in [0.15, 0.2) is 24.3 Å². The quantitative estimate of drug-likeness (QED) is 0.620. The van der Waals surface area contributed by atoms with Gasteiger partial charge in [0.25, 0.3) is 0 Å². The summed E-state index contributed by atoms with van der Waals surface area (Å²) in [5.41, 5.74) is 2.45. The number of nitrogens with one attached hydrogen (secondary N) is 1. The highest BCUT2D eigenvalue weighted by molar-refractivity contribution is 5.28. The maximum Gasteiger partial charge on any atom is 0.416 e. The van der Waals surface area contributed by atoms with Crippen LogP contribution < -0.4 is 11.3 Å². The zero-order valence-corrected chi connectivity index (χ0v) is 11.0. The van der Waals surface area contributed by atoms with Crippen molar-refractivity contribution in [1.29, 1.82) is 0 Å². The van der Waals surface area contributed by atoms with Gasteiger partial charge in [0, 0.05) is 19.8 Å². The van der Waals surface area contributed by atoms with E-state index in [-0.39, 0.29) is 12.0 Å². The van der Waals surface area contributed by atoms with E-state index in [0.717, 1.165) is 12.1 Å². The molecule has 0 aromatic heterocycles. The van der Waals surface area contributed by atoms with Crippen LogP contribution in [0, 0.1) is 5.92 Å². The Hall–Kier alpha value is -1.11. The zero-order chi connectivity index (χ0) is 14.5. The van der Waals surface area contributed by atoms with Crippen molar-refractivity contribution < 1.29 is 17.9 Å². The molecule has 0 saturated heterocycles. The average Bonchev–Trinajstić information content (AvgIpc) is 2.36. The molecule has 0 saturated carbocycles. The van der Waals surface area contributed by atoms with Crippen molar-refractivity contribution >= 4 is 0 Å². The van der Waals surface area contributed by atoms with E-state index < -0.39 is 11.7 Å². The molecule has 0 radical (unpaired) electrons. The largest absolute Gasteiger partial charge is 0.416 e. The fourth-order valence-corrected chi connectivity index (χ4v) is 1.97. The fourth-order valence-electron chi connectivity index (χ4n) is 1.97. The first-order valence-electron chi connectivity index (χ1n) is 6.02. The Morgan fingerprint density at radius 2 is 2.05 bits per heavy atom. The van der Waals surface area contributed by atoms with E-state index in [1.807, 2.05) is 6.92 Å². The van der Waals surface area contributed by atoms with Gasteiger partial charge in [0.15, 0.2) is 0 Å². The Kier molecular flexibility index (Phi) is 5.78. The van der Waals surface area contributed by atoms with Crippen LogP contribution in [-0.2, 0) is 10.9 Å². The topological polar surface area (TPSA) is 47.3 Å². The summed E-state index contributed by atoms with van der Waals surface area (Å²) in [6.45, 7) is 2.46. The van der Waals surface area contributed by atoms with Crippen molar-refractivity contribution in [3.05, 3.63) is 35.4 Å². The molecule has 0 fully saturated rings. The number of ether oxygens (including phenoxy) is 1. The lowest BCUT2D eigenvalue weighted by Crippen LogP contribution is -2.33. The second-order valence-electron chi connectivity index (χ2n) is 4.53. The second-order valence-corrected chi connectivity index (χ2v) is 4.53. The number of benzene rings is 1. The molecule has 108 valence electrons. The minimum atomic E-state index is -4.34. The SMILES string of the molecule is COCCC(C)C(NN)c1cccc(C(F)(F)F)c1. The lowest BCUT2D eigenvalue weighted by Gasteiger charge is -2.24. The lowest BCUT2D eigenvalue weighted by molar-refractivity contribution is -0.137. The van der Waals surface area contributed by atoms with Gasteiger partial charge in [0.1, 0.15) is 0 Å². The van der Waals surface area contributed by atoms with Crippen LogP contribution in [-0.4, -0.2) is 13.7 Å². The molecule has 0 bridgehead atoms. The number of halogens is 3. The van der Waals surface area contributed by atoms with Crippen LogP contribution in [0.5, 0.6) is 0 Å². The van der Waals surface area contributed by atoms with E-state index in [4.69, 9.17) is 10.6 Å². The number of methoxy groups -OCH3 is 1. The maximum absolute atomic E-state index is 12.7. The van der Waals surface area contributed by atoms with E-state index in [9.17, 15) is 13.2 Å². The van der Waals surface area contributed by atoms with Crippen molar-refractivity contribution in [1.82, 2.24) is 5.43 Å². The highest BCUT2D eigenvalue weighted by Gasteiger charge is 2.31. The minimum absolute atomic E-state index is 0.0634. The highest BCUT2D eigenvalue weighted by Crippen LogP contribution is 2.32. The van der Waals surface area contributed by atoms with Crippen molar-refractivity contribution in [2.75, 3.05) is 13.7 Å². The lowest BCUT2D eigenvalue weighted by atomic mass is 9.91. The predicted molar refractivity (Wildman–Crippen MR) is 67.2 cm³/mol. The summed E-state index contributed by atoms with van der Waals surface area (Å²) in [6.07, 6.45) is -3.63. The number of alkyl halides is 3. The third-order valence-corrected chi connectivity index (χ3v) is 3.10. The molecule has 2 atom stereocenters. The molecule has 1 aromatic carbocycles. The Morgan fingerprint density at radius 3 is 2.58 bits per heavy atom. The molecule has 1 rings (SSSR count). The van der Waals surface area contributed by atoms with Crippen molar-refractivity contribution in [3.63, 3.8) is 0 Å². The molecule has 0 aliphatic heterocycles. The predicted octanol–water partition coefficient (Wildman–Crippen LogP) is 2.88. The zero-order valence-electron chi connectivity index (χ0n) is 11.0. The number of hydrazine groups is 1. The Balaban J connectivity index is 2.92. The van der Waals surface area contributed by atoms with Gasteiger partial charge in [-0.05, 0) is 30.0 Å². The van der Waals surface area contributed by atoms with Crippen LogP contribution in [0.2, 0.25) is 0 Å². The van der Waals surface area contributed by atoms with Gasteiger partial charge in [-0.2, -0.15) is 13.2 Å². The number of hydrogen-bond acceptors (Lipinski definition) is 3. The van der Waals surface area contributed by atoms with E-state index in [2.05, 4.69) is 5.43 Å². The summed E-state index contributed by atoms with van der Waals surface area (Å²) < 4.78 is 43.0. The number of nitrogens with two attached hydrogens (primary N) is 1. The first kappa shape index (κ1) is 15.9. The van der Waals surface area contributed by atoms with Gasteiger partial charge >= 0.3 is 6.18 Å². The summed E-state index contributed by atoms with van der Waals surface area (Å²) >= 11 is 0. The highest BCUT2D eigenvalue weighted by atomic mass is 19.4. The van der Waals surface area contributed by atoms with Gasteiger partial charge in [-0.15, -0.1) is 0 Å². The molecular weight excluding hydrogens is 257 g/mol. The summed E-state index contributed by atoms with van der Waals surface area (Å²) in [4.78, 5) is 0. The van der Waals surface area contributed by atoms with E-state index in [1.165, 1.54) is 6.07 Å². The summed E-state index contributed by atoms with van der Waals surface area (Å²) in [7, 11) is 1.59. The van der Waals surface area contributed by atoms with Crippen molar-refractivity contribution in [2.45, 2.75) is 25.6 Å². The van der Waals surface area contributed by atoms with Gasteiger partial charge in [-0.3, -0.25) is 11.3 Å². The number of rotatable bonds is 6. The van der Waals surface area contributed by atoms with Gasteiger partial charge in [-0.1, -0.05) is 19.1 Å². The molecule has 0 heterocycles. The molecule has 19 heavy (non-hydrogen) atoms. The Bertz CT molecular complexity index is 396. The third kappa shape index (κ3) is 4.49. The van der Waals surface area contributed by atoms with E-state index >= 15 is 0 Å². The summed E-state index contributed by atoms with van der Waals surface area (Å²) in [5.74, 6) is 5.53. The van der Waals surface area contributed by atoms with E-state index in [0.29, 0.717) is 18.6 Å². The molecule has 3 N–H and O–H groups in total. The van der Waals surface area contributed by atoms with Crippen LogP contribution in [0.4, 0.5) is 13.2 Å². The normalized spacial score (nSPS) is 15.3. The standard InChI is InChI=1S/C13H19F3N2O/c1-9(6-7-19-2)12(18-17)10-4-3-5-11(8-10)13(14,15)16/h3-5,8-9,12,18H,6-7,17H2,1-2H3. The molecule has 0 amide bonds. The fraction of sp³-hybridized carbons (Fsp3) is 0.538. The molecular formula is C13H19F3N2O. The van der Waals surface area contributed by atoms with Crippen molar-refractivity contribution in [3.8, 4) is 0 Å². The molecule has 1 aromatic rings. The molecule has 3 nitrogen and oxygen atoms in total. The van der Waals surface area contributed by atoms with Gasteiger partial charge in [0.05, 0.1) is 5.56 Å². The minimum Gasteiger partial charge on any atom is -0.385 e. The third-order valence-electron chi connectivity index (χ3n) is 3.10. The molecule has 0 aliphatic rings. The summed E-state index contributed by atoms with van der Waals surface area (Å²) in [6, 6.07) is 4.89. The monoisotopic (exact) mass is 276 g/mol. The van der Waals surface area contributed by atoms with Crippen LogP contribution in [0.25, 0.3) is 0 Å². The van der Waals surface area contributed by atoms with Gasteiger partial charge < -0.3 is 4.74 Å². The van der Waals surface area contributed by atoms with Crippen molar-refractivity contribution in [2.24, 2.45) is 11.8 Å². The summed E-state index contributed by atoms with van der Waals surface area (Å²) in [5, 5.41) is 0. The smallest absolute Gasteiger partial charge is 0.385 e. The molecule has 0 aliphatic carbocycles. The van der Waals surface area contributed by atoms with Crippen LogP contribution in [0.1, 0.15) is 30.5 Å².